The standard InChI is InChI=1S/C18H11F3N2O2S/c1-25-15-7-10(2-4-14(15)24)6-11(9-22)17-23-13-8-12(18(19,20)21)3-5-16(13)26-17/h2-8,24H,1H3/b11-6+. The number of phenols is 1. The summed E-state index contributed by atoms with van der Waals surface area (Å²) in [7, 11) is 1.40. The average molecular weight is 376 g/mol. The van der Waals surface area contributed by atoms with Gasteiger partial charge in [0.05, 0.1) is 28.5 Å². The van der Waals surface area contributed by atoms with Gasteiger partial charge in [-0.15, -0.1) is 11.3 Å². The van der Waals surface area contributed by atoms with Crippen LogP contribution in [0.4, 0.5) is 13.2 Å². The van der Waals surface area contributed by atoms with Crippen LogP contribution >= 0.6 is 11.3 Å². The fourth-order valence-electron chi connectivity index (χ4n) is 2.31. The number of phenolic OH excluding ortho intramolecular Hbond substituents is 1. The molecule has 0 atom stereocenters. The van der Waals surface area contributed by atoms with Gasteiger partial charge in [-0.2, -0.15) is 18.4 Å². The number of rotatable bonds is 3. The molecule has 0 unspecified atom stereocenters. The number of aromatic nitrogens is 1. The van der Waals surface area contributed by atoms with Gasteiger partial charge in [-0.25, -0.2) is 4.98 Å². The molecule has 0 bridgehead atoms. The van der Waals surface area contributed by atoms with Crippen LogP contribution < -0.4 is 4.74 Å². The molecule has 3 aromatic rings. The molecule has 1 N–H and O–H groups in total. The van der Waals surface area contributed by atoms with Crippen LogP contribution in [0.5, 0.6) is 11.5 Å². The van der Waals surface area contributed by atoms with Crippen molar-refractivity contribution in [3.63, 3.8) is 0 Å². The summed E-state index contributed by atoms with van der Waals surface area (Å²) in [4.78, 5) is 4.16. The number of benzene rings is 2. The molecule has 0 radical (unpaired) electrons. The smallest absolute Gasteiger partial charge is 0.416 e. The Bertz CT molecular complexity index is 1050. The van der Waals surface area contributed by atoms with Crippen LogP contribution in [-0.2, 0) is 6.18 Å². The van der Waals surface area contributed by atoms with Crippen molar-refractivity contribution in [2.24, 2.45) is 0 Å². The Morgan fingerprint density at radius 2 is 2.04 bits per heavy atom. The van der Waals surface area contributed by atoms with Crippen LogP contribution in [0.2, 0.25) is 0 Å². The van der Waals surface area contributed by atoms with Crippen molar-refractivity contribution in [1.82, 2.24) is 4.98 Å². The van der Waals surface area contributed by atoms with Crippen molar-refractivity contribution in [2.75, 3.05) is 7.11 Å². The monoisotopic (exact) mass is 376 g/mol. The van der Waals surface area contributed by atoms with Gasteiger partial charge >= 0.3 is 6.18 Å². The molecule has 0 saturated heterocycles. The van der Waals surface area contributed by atoms with Crippen LogP contribution in [0.3, 0.4) is 0 Å². The second-order valence-corrected chi connectivity index (χ2v) is 6.33. The summed E-state index contributed by atoms with van der Waals surface area (Å²) < 4.78 is 44.0. The fraction of sp³-hybridized carbons (Fsp3) is 0.111. The average Bonchev–Trinajstić information content (AvgIpc) is 3.03. The number of halogens is 3. The molecule has 132 valence electrons. The molecule has 0 aliphatic rings. The molecule has 3 rings (SSSR count). The summed E-state index contributed by atoms with van der Waals surface area (Å²) in [5.41, 5.74) is 0.191. The van der Waals surface area contributed by atoms with Crippen molar-refractivity contribution < 1.29 is 23.0 Å². The number of fused-ring (bicyclic) bond motifs is 1. The van der Waals surface area contributed by atoms with E-state index < -0.39 is 11.7 Å². The molecule has 0 saturated carbocycles. The zero-order valence-corrected chi connectivity index (χ0v) is 14.1. The predicted molar refractivity (Wildman–Crippen MR) is 92.8 cm³/mol. The Labute approximate surface area is 150 Å². The van der Waals surface area contributed by atoms with Crippen LogP contribution in [0.25, 0.3) is 21.9 Å². The lowest BCUT2D eigenvalue weighted by molar-refractivity contribution is -0.137. The molecule has 1 heterocycles. The van der Waals surface area contributed by atoms with Gasteiger partial charge < -0.3 is 9.84 Å². The van der Waals surface area contributed by atoms with Gasteiger partial charge in [0.15, 0.2) is 11.5 Å². The zero-order valence-electron chi connectivity index (χ0n) is 13.3. The minimum Gasteiger partial charge on any atom is -0.504 e. The highest BCUT2D eigenvalue weighted by Crippen LogP contribution is 2.35. The van der Waals surface area contributed by atoms with E-state index in [1.807, 2.05) is 6.07 Å². The Kier molecular flexibility index (Phi) is 4.57. The second kappa shape index (κ2) is 6.69. The number of nitrogens with zero attached hydrogens (tertiary/aromatic N) is 2. The number of allylic oxidation sites excluding steroid dienone is 1. The van der Waals surface area contributed by atoms with Crippen molar-refractivity contribution in [3.8, 4) is 17.6 Å². The lowest BCUT2D eigenvalue weighted by Crippen LogP contribution is -2.03. The highest BCUT2D eigenvalue weighted by molar-refractivity contribution is 7.19. The van der Waals surface area contributed by atoms with Gasteiger partial charge in [0, 0.05) is 0 Å². The van der Waals surface area contributed by atoms with Crippen molar-refractivity contribution >= 4 is 33.2 Å². The van der Waals surface area contributed by atoms with Crippen LogP contribution in [0, 0.1) is 11.3 Å². The zero-order chi connectivity index (χ0) is 18.9. The Hall–Kier alpha value is -3.05. The molecule has 0 spiro atoms. The molecule has 2 aromatic carbocycles. The summed E-state index contributed by atoms with van der Waals surface area (Å²) in [6.07, 6.45) is -2.92. The van der Waals surface area contributed by atoms with E-state index in [1.165, 1.54) is 25.3 Å². The third-order valence-corrected chi connectivity index (χ3v) is 4.65. The third-order valence-electron chi connectivity index (χ3n) is 3.58. The van der Waals surface area contributed by atoms with Gasteiger partial charge in [-0.3, -0.25) is 0 Å². The quantitative estimate of drug-likeness (QED) is 0.647. The van der Waals surface area contributed by atoms with Crippen molar-refractivity contribution in [3.05, 3.63) is 52.5 Å². The van der Waals surface area contributed by atoms with Crippen LogP contribution in [-0.4, -0.2) is 17.2 Å². The number of methoxy groups -OCH3 is 1. The van der Waals surface area contributed by atoms with E-state index in [9.17, 15) is 23.5 Å². The van der Waals surface area contributed by atoms with Gasteiger partial charge in [0.1, 0.15) is 11.1 Å². The minimum atomic E-state index is -4.45. The minimum absolute atomic E-state index is 0.0391. The molecule has 8 heteroatoms. The summed E-state index contributed by atoms with van der Waals surface area (Å²) >= 11 is 1.13. The number of nitriles is 1. The lowest BCUT2D eigenvalue weighted by atomic mass is 10.1. The van der Waals surface area contributed by atoms with E-state index in [4.69, 9.17) is 4.74 Å². The maximum Gasteiger partial charge on any atom is 0.416 e. The molecule has 0 amide bonds. The number of hydrogen-bond donors (Lipinski definition) is 1. The van der Waals surface area contributed by atoms with E-state index in [-0.39, 0.29) is 22.6 Å². The number of hydrogen-bond acceptors (Lipinski definition) is 5. The Balaban J connectivity index is 2.04. The van der Waals surface area contributed by atoms with Crippen molar-refractivity contribution in [1.29, 1.82) is 5.26 Å². The first kappa shape index (κ1) is 17.8. The number of thiazole rings is 1. The lowest BCUT2D eigenvalue weighted by Gasteiger charge is -2.04. The van der Waals surface area contributed by atoms with Crippen molar-refractivity contribution in [2.45, 2.75) is 6.18 Å². The van der Waals surface area contributed by atoms with E-state index in [2.05, 4.69) is 4.98 Å². The molecular weight excluding hydrogens is 365 g/mol. The molecule has 26 heavy (non-hydrogen) atoms. The van der Waals surface area contributed by atoms with Gasteiger partial charge in [0.25, 0.3) is 0 Å². The largest absolute Gasteiger partial charge is 0.504 e. The molecule has 0 aliphatic heterocycles. The summed E-state index contributed by atoms with van der Waals surface area (Å²) in [5, 5.41) is 19.3. The molecule has 0 aliphatic carbocycles. The van der Waals surface area contributed by atoms with Gasteiger partial charge in [0.2, 0.25) is 0 Å². The second-order valence-electron chi connectivity index (χ2n) is 5.30. The molecule has 4 nitrogen and oxygen atoms in total. The topological polar surface area (TPSA) is 66.1 Å². The highest BCUT2D eigenvalue weighted by Gasteiger charge is 2.30. The highest BCUT2D eigenvalue weighted by atomic mass is 32.1. The molecule has 1 aromatic heterocycles. The van der Waals surface area contributed by atoms with E-state index in [0.717, 1.165) is 23.5 Å². The predicted octanol–water partition coefficient (Wildman–Crippen LogP) is 5.09. The first-order valence-corrected chi connectivity index (χ1v) is 8.10. The number of ether oxygens (including phenoxy) is 1. The van der Waals surface area contributed by atoms with E-state index in [0.29, 0.717) is 15.3 Å². The van der Waals surface area contributed by atoms with Crippen LogP contribution in [0.1, 0.15) is 16.1 Å². The normalized spacial score (nSPS) is 12.2. The van der Waals surface area contributed by atoms with Gasteiger partial charge in [-0.05, 0) is 42.0 Å². The molecule has 0 fully saturated rings. The Morgan fingerprint density at radius 1 is 1.27 bits per heavy atom. The van der Waals surface area contributed by atoms with Crippen LogP contribution in [0.15, 0.2) is 36.4 Å². The van der Waals surface area contributed by atoms with E-state index >= 15 is 0 Å². The molecular formula is C18H11F3N2O2S. The first-order chi connectivity index (χ1) is 12.3. The third kappa shape index (κ3) is 3.48. The summed E-state index contributed by atoms with van der Waals surface area (Å²) in [6.45, 7) is 0. The van der Waals surface area contributed by atoms with E-state index in [1.54, 1.807) is 12.1 Å². The summed E-state index contributed by atoms with van der Waals surface area (Å²) in [5.74, 6) is 0.206. The van der Waals surface area contributed by atoms with Gasteiger partial charge in [-0.1, -0.05) is 6.07 Å². The number of alkyl halides is 3. The summed E-state index contributed by atoms with van der Waals surface area (Å²) in [6, 6.07) is 9.87. The fourth-order valence-corrected chi connectivity index (χ4v) is 3.22. The maximum absolute atomic E-state index is 12.8. The number of aromatic hydroxyl groups is 1. The Morgan fingerprint density at radius 3 is 2.69 bits per heavy atom. The SMILES string of the molecule is COc1cc(/C=C(\C#N)c2nc3cc(C(F)(F)F)ccc3s2)ccc1O. The first-order valence-electron chi connectivity index (χ1n) is 7.29. The maximum atomic E-state index is 12.8.